The molecule has 0 saturated heterocycles. The third-order valence-corrected chi connectivity index (χ3v) is 5.77. The molecule has 136 valence electrons. The van der Waals surface area contributed by atoms with E-state index in [2.05, 4.69) is 76.2 Å². The molecule has 0 nitrogen and oxygen atoms in total. The van der Waals surface area contributed by atoms with Crippen LogP contribution < -0.4 is 0 Å². The third-order valence-electron chi connectivity index (χ3n) is 5.77. The first-order chi connectivity index (χ1) is 12.1. The van der Waals surface area contributed by atoms with Crippen LogP contribution in [0.2, 0.25) is 0 Å². The van der Waals surface area contributed by atoms with E-state index in [1.54, 1.807) is 0 Å². The summed E-state index contributed by atoms with van der Waals surface area (Å²) in [7, 11) is 0. The Labute approximate surface area is 155 Å². The van der Waals surface area contributed by atoms with E-state index < -0.39 is 0 Å². The van der Waals surface area contributed by atoms with Gasteiger partial charge in [0.1, 0.15) is 0 Å². The Balaban J connectivity index is 0.000000196. The number of aryl methyl sites for hydroxylation is 2. The summed E-state index contributed by atoms with van der Waals surface area (Å²) < 4.78 is 0. The molecular weight excluding hydrogens is 300 g/mol. The minimum atomic E-state index is 1.03. The molecule has 1 fully saturated rings. The van der Waals surface area contributed by atoms with Crippen molar-refractivity contribution >= 4 is 0 Å². The van der Waals surface area contributed by atoms with Crippen molar-refractivity contribution in [1.82, 2.24) is 0 Å². The van der Waals surface area contributed by atoms with E-state index in [1.807, 2.05) is 0 Å². The SMILES string of the molecule is CCC1CCC(CC)CC1.Cc1ccc(Cc2ccc(C)cc2)cc1. The highest BCUT2D eigenvalue weighted by atomic mass is 14.2. The molecule has 1 saturated carbocycles. The average Bonchev–Trinajstić information content (AvgIpc) is 2.66. The molecule has 0 heterocycles. The van der Waals surface area contributed by atoms with Crippen LogP contribution in [0.3, 0.4) is 0 Å². The molecule has 1 aliphatic carbocycles. The normalized spacial score (nSPS) is 19.8. The van der Waals surface area contributed by atoms with Crippen LogP contribution in [0, 0.1) is 25.7 Å². The maximum atomic E-state index is 2.33. The maximum Gasteiger partial charge on any atom is -0.00258 e. The Morgan fingerprint density at radius 3 is 1.20 bits per heavy atom. The Bertz CT molecular complexity index is 527. The van der Waals surface area contributed by atoms with Gasteiger partial charge in [0.2, 0.25) is 0 Å². The zero-order valence-electron chi connectivity index (χ0n) is 16.7. The zero-order chi connectivity index (χ0) is 18.1. The molecule has 0 unspecified atom stereocenters. The van der Waals surface area contributed by atoms with Gasteiger partial charge in [0.15, 0.2) is 0 Å². The molecule has 25 heavy (non-hydrogen) atoms. The number of hydrogen-bond donors (Lipinski definition) is 0. The van der Waals surface area contributed by atoms with Gasteiger partial charge >= 0.3 is 0 Å². The van der Waals surface area contributed by atoms with Gasteiger partial charge < -0.3 is 0 Å². The Hall–Kier alpha value is -1.56. The summed E-state index contributed by atoms with van der Waals surface area (Å²) in [5.41, 5.74) is 5.40. The van der Waals surface area contributed by atoms with Crippen molar-refractivity contribution in [2.24, 2.45) is 11.8 Å². The summed E-state index contributed by atoms with van der Waals surface area (Å²) in [6.07, 6.45) is 9.89. The van der Waals surface area contributed by atoms with E-state index in [0.717, 1.165) is 18.3 Å². The number of benzene rings is 2. The molecule has 0 spiro atoms. The lowest BCUT2D eigenvalue weighted by Crippen LogP contribution is -2.12. The largest absolute Gasteiger partial charge is 0.0651 e. The molecule has 0 radical (unpaired) electrons. The van der Waals surface area contributed by atoms with Crippen molar-refractivity contribution in [3.05, 3.63) is 70.8 Å². The molecule has 2 aromatic carbocycles. The van der Waals surface area contributed by atoms with Gasteiger partial charge in [0, 0.05) is 0 Å². The third kappa shape index (κ3) is 7.06. The lowest BCUT2D eigenvalue weighted by molar-refractivity contribution is 0.264. The lowest BCUT2D eigenvalue weighted by Gasteiger charge is -2.26. The topological polar surface area (TPSA) is 0 Å². The van der Waals surface area contributed by atoms with Gasteiger partial charge in [-0.1, -0.05) is 112 Å². The van der Waals surface area contributed by atoms with E-state index >= 15 is 0 Å². The van der Waals surface area contributed by atoms with E-state index in [0.29, 0.717) is 0 Å². The second-order valence-corrected chi connectivity index (χ2v) is 7.85. The predicted octanol–water partition coefficient (Wildman–Crippen LogP) is 7.51. The van der Waals surface area contributed by atoms with Gasteiger partial charge in [0.25, 0.3) is 0 Å². The van der Waals surface area contributed by atoms with Gasteiger partial charge in [-0.3, -0.25) is 0 Å². The molecule has 2 aromatic rings. The summed E-state index contributed by atoms with van der Waals surface area (Å²) in [5.74, 6) is 2.14. The molecule has 0 amide bonds. The second kappa shape index (κ2) is 10.4. The van der Waals surface area contributed by atoms with Gasteiger partial charge in [-0.05, 0) is 43.2 Å². The molecule has 0 N–H and O–H groups in total. The average molecular weight is 337 g/mol. The van der Waals surface area contributed by atoms with Gasteiger partial charge in [-0.15, -0.1) is 0 Å². The number of hydrogen-bond acceptors (Lipinski definition) is 0. The van der Waals surface area contributed by atoms with E-state index in [9.17, 15) is 0 Å². The monoisotopic (exact) mass is 336 g/mol. The van der Waals surface area contributed by atoms with E-state index in [4.69, 9.17) is 0 Å². The van der Waals surface area contributed by atoms with Crippen molar-refractivity contribution in [1.29, 1.82) is 0 Å². The second-order valence-electron chi connectivity index (χ2n) is 7.85. The van der Waals surface area contributed by atoms with Crippen molar-refractivity contribution in [3.63, 3.8) is 0 Å². The van der Waals surface area contributed by atoms with Crippen molar-refractivity contribution in [2.75, 3.05) is 0 Å². The molecule has 3 rings (SSSR count). The van der Waals surface area contributed by atoms with Crippen LogP contribution in [0.25, 0.3) is 0 Å². The smallest absolute Gasteiger partial charge is 0.00258 e. The standard InChI is InChI=1S/C15H16.C10H20/c1-12-3-7-14(8-4-12)11-15-9-5-13(2)6-10-15;1-3-9-5-7-10(4-2)8-6-9/h3-10H,11H2,1-2H3;9-10H,3-8H2,1-2H3. The molecule has 0 aliphatic heterocycles. The van der Waals surface area contributed by atoms with Gasteiger partial charge in [0.05, 0.1) is 0 Å². The summed E-state index contributed by atoms with van der Waals surface area (Å²) in [6.45, 7) is 8.90. The molecule has 0 bridgehead atoms. The minimum Gasteiger partial charge on any atom is -0.0651 e. The molecule has 0 aromatic heterocycles. The van der Waals surface area contributed by atoms with Crippen LogP contribution in [0.5, 0.6) is 0 Å². The number of rotatable bonds is 4. The van der Waals surface area contributed by atoms with Crippen LogP contribution in [0.1, 0.15) is 74.6 Å². The van der Waals surface area contributed by atoms with Crippen molar-refractivity contribution in [3.8, 4) is 0 Å². The first-order valence-corrected chi connectivity index (χ1v) is 10.2. The summed E-state index contributed by atoms with van der Waals surface area (Å²) in [6, 6.07) is 17.5. The van der Waals surface area contributed by atoms with Crippen LogP contribution in [0.4, 0.5) is 0 Å². The Morgan fingerprint density at radius 2 is 0.920 bits per heavy atom. The highest BCUT2D eigenvalue weighted by Gasteiger charge is 2.17. The fraction of sp³-hybridized carbons (Fsp3) is 0.520. The van der Waals surface area contributed by atoms with Gasteiger partial charge in [-0.2, -0.15) is 0 Å². The molecule has 0 heteroatoms. The van der Waals surface area contributed by atoms with Crippen molar-refractivity contribution < 1.29 is 0 Å². The van der Waals surface area contributed by atoms with Gasteiger partial charge in [-0.25, -0.2) is 0 Å². The lowest BCUT2D eigenvalue weighted by atomic mass is 9.80. The summed E-state index contributed by atoms with van der Waals surface area (Å²) >= 11 is 0. The maximum absolute atomic E-state index is 2.33. The molecule has 1 aliphatic rings. The van der Waals surface area contributed by atoms with E-state index in [1.165, 1.54) is 60.8 Å². The molecule has 0 atom stereocenters. The first-order valence-electron chi connectivity index (χ1n) is 10.2. The van der Waals surface area contributed by atoms with Crippen molar-refractivity contribution in [2.45, 2.75) is 72.6 Å². The van der Waals surface area contributed by atoms with E-state index in [-0.39, 0.29) is 0 Å². The predicted molar refractivity (Wildman–Crippen MR) is 111 cm³/mol. The highest BCUT2D eigenvalue weighted by molar-refractivity contribution is 5.29. The minimum absolute atomic E-state index is 1.03. The highest BCUT2D eigenvalue weighted by Crippen LogP contribution is 2.31. The fourth-order valence-corrected chi connectivity index (χ4v) is 3.70. The van der Waals surface area contributed by atoms with Crippen LogP contribution in [-0.4, -0.2) is 0 Å². The fourth-order valence-electron chi connectivity index (χ4n) is 3.70. The first kappa shape index (κ1) is 19.8. The van der Waals surface area contributed by atoms with Crippen LogP contribution in [-0.2, 0) is 6.42 Å². The quantitative estimate of drug-likeness (QED) is 0.542. The summed E-state index contributed by atoms with van der Waals surface area (Å²) in [4.78, 5) is 0. The Kier molecular flexibility index (Phi) is 8.25. The van der Waals surface area contributed by atoms with Crippen LogP contribution in [0.15, 0.2) is 48.5 Å². The Morgan fingerprint density at radius 1 is 0.600 bits per heavy atom. The summed E-state index contributed by atoms with van der Waals surface area (Å²) in [5, 5.41) is 0. The zero-order valence-corrected chi connectivity index (χ0v) is 16.7. The molecular formula is C25H36. The van der Waals surface area contributed by atoms with Crippen LogP contribution >= 0.6 is 0 Å².